The fourth-order valence-corrected chi connectivity index (χ4v) is 2.43. The molecule has 4 heteroatoms. The number of hydrogen-bond acceptors (Lipinski definition) is 4. The molecule has 20 heavy (non-hydrogen) atoms. The van der Waals surface area contributed by atoms with Gasteiger partial charge in [0.1, 0.15) is 0 Å². The van der Waals surface area contributed by atoms with Crippen molar-refractivity contribution in [2.24, 2.45) is 0 Å². The second-order valence-electron chi connectivity index (χ2n) is 5.47. The number of nitrogens with one attached hydrogen (secondary N) is 1. The summed E-state index contributed by atoms with van der Waals surface area (Å²) in [6, 6.07) is 10.5. The molecule has 0 radical (unpaired) electrons. The quantitative estimate of drug-likeness (QED) is 0.798. The summed E-state index contributed by atoms with van der Waals surface area (Å²) in [5.41, 5.74) is 1.13. The molecule has 1 heterocycles. The normalized spacial score (nSPS) is 24.5. The molecular weight excluding hydrogens is 254 g/mol. The summed E-state index contributed by atoms with van der Waals surface area (Å²) in [5, 5.41) is 13.3. The molecule has 1 aromatic carbocycles. The number of rotatable bonds is 7. The molecule has 112 valence electrons. The van der Waals surface area contributed by atoms with Gasteiger partial charge >= 0.3 is 0 Å². The molecule has 0 aromatic heterocycles. The highest BCUT2D eigenvalue weighted by Crippen LogP contribution is 2.12. The second kappa shape index (κ2) is 8.37. The van der Waals surface area contributed by atoms with Crippen molar-refractivity contribution in [2.75, 3.05) is 19.8 Å². The Balaban J connectivity index is 1.57. The van der Waals surface area contributed by atoms with Gasteiger partial charge in [0.25, 0.3) is 0 Å². The lowest BCUT2D eigenvalue weighted by Gasteiger charge is -2.28. The fraction of sp³-hybridized carbons (Fsp3) is 0.625. The van der Waals surface area contributed by atoms with Crippen LogP contribution in [0.1, 0.15) is 25.3 Å². The summed E-state index contributed by atoms with van der Waals surface area (Å²) < 4.78 is 11.0. The summed E-state index contributed by atoms with van der Waals surface area (Å²) in [5.74, 6) is 0. The number of ether oxygens (including phenoxy) is 2. The van der Waals surface area contributed by atoms with Crippen molar-refractivity contribution in [3.63, 3.8) is 0 Å². The zero-order chi connectivity index (χ0) is 14.2. The molecule has 3 atom stereocenters. The Morgan fingerprint density at radius 2 is 2.20 bits per heavy atom. The first-order valence-electron chi connectivity index (χ1n) is 7.38. The first-order valence-corrected chi connectivity index (χ1v) is 7.38. The zero-order valence-electron chi connectivity index (χ0n) is 12.1. The third kappa shape index (κ3) is 5.59. The number of hydrogen-bond donors (Lipinski definition) is 2. The maximum absolute atomic E-state index is 9.90. The van der Waals surface area contributed by atoms with E-state index < -0.39 is 6.10 Å². The Hall–Kier alpha value is -0.940. The summed E-state index contributed by atoms with van der Waals surface area (Å²) in [6.45, 7) is 4.38. The maximum atomic E-state index is 9.90. The molecule has 2 N–H and O–H groups in total. The molecular formula is C16H25NO3. The minimum absolute atomic E-state index is 0.313. The average Bonchev–Trinajstić information content (AvgIpc) is 2.46. The fourth-order valence-electron chi connectivity index (χ4n) is 2.43. The molecule has 0 saturated carbocycles. The van der Waals surface area contributed by atoms with Crippen LogP contribution in [-0.2, 0) is 16.1 Å². The number of benzene rings is 1. The summed E-state index contributed by atoms with van der Waals surface area (Å²) in [4.78, 5) is 0. The largest absolute Gasteiger partial charge is 0.389 e. The van der Waals surface area contributed by atoms with Gasteiger partial charge in [-0.3, -0.25) is 0 Å². The van der Waals surface area contributed by atoms with Crippen molar-refractivity contribution in [2.45, 2.75) is 44.6 Å². The van der Waals surface area contributed by atoms with Crippen molar-refractivity contribution in [3.05, 3.63) is 35.9 Å². The van der Waals surface area contributed by atoms with E-state index in [4.69, 9.17) is 9.47 Å². The number of aliphatic hydroxyl groups is 1. The van der Waals surface area contributed by atoms with Crippen molar-refractivity contribution >= 4 is 0 Å². The van der Waals surface area contributed by atoms with Crippen molar-refractivity contribution in [1.82, 2.24) is 5.32 Å². The van der Waals surface area contributed by atoms with Crippen molar-refractivity contribution in [3.8, 4) is 0 Å². The Kier molecular flexibility index (Phi) is 6.47. The predicted molar refractivity (Wildman–Crippen MR) is 78.5 cm³/mol. The first-order chi connectivity index (χ1) is 9.74. The zero-order valence-corrected chi connectivity index (χ0v) is 12.1. The smallest absolute Gasteiger partial charge is 0.0897 e. The van der Waals surface area contributed by atoms with Crippen LogP contribution in [0.25, 0.3) is 0 Å². The van der Waals surface area contributed by atoms with Gasteiger partial charge in [-0.05, 0) is 25.3 Å². The van der Waals surface area contributed by atoms with E-state index in [1.165, 1.54) is 0 Å². The van der Waals surface area contributed by atoms with E-state index in [0.717, 1.165) is 25.0 Å². The Morgan fingerprint density at radius 1 is 1.40 bits per heavy atom. The van der Waals surface area contributed by atoms with Crippen LogP contribution >= 0.6 is 0 Å². The second-order valence-corrected chi connectivity index (χ2v) is 5.47. The molecule has 1 saturated heterocycles. The van der Waals surface area contributed by atoms with Gasteiger partial charge in [0.15, 0.2) is 0 Å². The lowest BCUT2D eigenvalue weighted by Crippen LogP contribution is -2.42. The highest BCUT2D eigenvalue weighted by atomic mass is 16.5. The SMILES string of the molecule is CC1CC(NCC(O)COCc2ccccc2)CCO1. The third-order valence-electron chi connectivity index (χ3n) is 3.55. The predicted octanol–water partition coefficient (Wildman–Crippen LogP) is 1.72. The standard InChI is InChI=1S/C16H25NO3/c1-13-9-15(7-8-20-13)17-10-16(18)12-19-11-14-5-3-2-4-6-14/h2-6,13,15-18H,7-12H2,1H3. The minimum atomic E-state index is -0.461. The van der Waals surface area contributed by atoms with Gasteiger partial charge in [0.05, 0.1) is 25.4 Å². The van der Waals surface area contributed by atoms with Gasteiger partial charge in [-0.25, -0.2) is 0 Å². The van der Waals surface area contributed by atoms with E-state index in [1.807, 2.05) is 30.3 Å². The van der Waals surface area contributed by atoms with Crippen LogP contribution in [-0.4, -0.2) is 43.1 Å². The molecule has 3 unspecified atom stereocenters. The summed E-state index contributed by atoms with van der Waals surface area (Å²) >= 11 is 0. The third-order valence-corrected chi connectivity index (χ3v) is 3.55. The molecule has 1 aliphatic rings. The molecule has 1 fully saturated rings. The van der Waals surface area contributed by atoms with E-state index in [2.05, 4.69) is 12.2 Å². The molecule has 1 aliphatic heterocycles. The molecule has 0 amide bonds. The Bertz CT molecular complexity index is 371. The van der Waals surface area contributed by atoms with Gasteiger partial charge in [-0.15, -0.1) is 0 Å². The van der Waals surface area contributed by atoms with Crippen LogP contribution in [0.5, 0.6) is 0 Å². The molecule has 4 nitrogen and oxygen atoms in total. The molecule has 1 aromatic rings. The van der Waals surface area contributed by atoms with Gasteiger partial charge in [0.2, 0.25) is 0 Å². The highest BCUT2D eigenvalue weighted by Gasteiger charge is 2.19. The molecule has 0 bridgehead atoms. The van der Waals surface area contributed by atoms with Gasteiger partial charge < -0.3 is 19.9 Å². The highest BCUT2D eigenvalue weighted by molar-refractivity contribution is 5.13. The molecule has 0 aliphatic carbocycles. The van der Waals surface area contributed by atoms with Crippen LogP contribution in [0.4, 0.5) is 0 Å². The lowest BCUT2D eigenvalue weighted by atomic mass is 10.0. The van der Waals surface area contributed by atoms with Crippen LogP contribution in [0.15, 0.2) is 30.3 Å². The molecule has 2 rings (SSSR count). The number of aliphatic hydroxyl groups excluding tert-OH is 1. The maximum Gasteiger partial charge on any atom is 0.0897 e. The Morgan fingerprint density at radius 3 is 2.95 bits per heavy atom. The topological polar surface area (TPSA) is 50.7 Å². The van der Waals surface area contributed by atoms with Crippen molar-refractivity contribution in [1.29, 1.82) is 0 Å². The van der Waals surface area contributed by atoms with Gasteiger partial charge in [-0.2, -0.15) is 0 Å². The van der Waals surface area contributed by atoms with Crippen LogP contribution in [0.3, 0.4) is 0 Å². The van der Waals surface area contributed by atoms with Crippen LogP contribution in [0, 0.1) is 0 Å². The van der Waals surface area contributed by atoms with Crippen molar-refractivity contribution < 1.29 is 14.6 Å². The van der Waals surface area contributed by atoms with E-state index in [1.54, 1.807) is 0 Å². The first kappa shape index (κ1) is 15.4. The van der Waals surface area contributed by atoms with Crippen LogP contribution < -0.4 is 5.32 Å². The van der Waals surface area contributed by atoms with E-state index >= 15 is 0 Å². The lowest BCUT2D eigenvalue weighted by molar-refractivity contribution is 0.00288. The minimum Gasteiger partial charge on any atom is -0.389 e. The molecule has 0 spiro atoms. The summed E-state index contributed by atoms with van der Waals surface area (Å²) in [7, 11) is 0. The van der Waals surface area contributed by atoms with E-state index in [-0.39, 0.29) is 0 Å². The summed E-state index contributed by atoms with van der Waals surface area (Å²) in [6.07, 6.45) is 1.88. The average molecular weight is 279 g/mol. The van der Waals surface area contributed by atoms with Gasteiger partial charge in [0, 0.05) is 19.2 Å². The van der Waals surface area contributed by atoms with E-state index in [0.29, 0.717) is 31.9 Å². The monoisotopic (exact) mass is 279 g/mol. The van der Waals surface area contributed by atoms with Gasteiger partial charge in [-0.1, -0.05) is 30.3 Å². The Labute approximate surface area is 121 Å². The van der Waals surface area contributed by atoms with Crippen LogP contribution in [0.2, 0.25) is 0 Å². The van der Waals surface area contributed by atoms with E-state index in [9.17, 15) is 5.11 Å².